The van der Waals surface area contributed by atoms with E-state index in [-0.39, 0.29) is 48.2 Å². The molecule has 1 unspecified atom stereocenters. The molecule has 222 valence electrons. The molecule has 4 rings (SSSR count). The maximum atomic E-state index is 13.8. The highest BCUT2D eigenvalue weighted by Gasteiger charge is 2.40. The molecular formula is C24H21F9N6O2. The molecule has 1 aliphatic rings. The topological polar surface area (TPSA) is 87.2 Å². The predicted molar refractivity (Wildman–Crippen MR) is 125 cm³/mol. The molecule has 1 aliphatic heterocycles. The molecule has 17 heteroatoms. The monoisotopic (exact) mass is 596 g/mol. The molecule has 0 saturated heterocycles. The Morgan fingerprint density at radius 3 is 2.15 bits per heavy atom. The highest BCUT2D eigenvalue weighted by molar-refractivity contribution is 5.89. The van der Waals surface area contributed by atoms with Gasteiger partial charge in [0.05, 0.1) is 35.5 Å². The number of amides is 1. The van der Waals surface area contributed by atoms with Crippen LogP contribution in [0.5, 0.6) is 0 Å². The van der Waals surface area contributed by atoms with Gasteiger partial charge in [0, 0.05) is 13.1 Å². The van der Waals surface area contributed by atoms with Crippen molar-refractivity contribution in [1.29, 1.82) is 0 Å². The Balaban J connectivity index is 1.90. The smallest absolute Gasteiger partial charge is 0.416 e. The molecule has 0 spiro atoms. The second-order valence-corrected chi connectivity index (χ2v) is 9.26. The van der Waals surface area contributed by atoms with E-state index in [1.54, 1.807) is 0 Å². The SMILES string of the molecule is COC(=O)N1CCCC(N(Cc2cc(C(F)(F)F)cc(C(F)(F)F)c2)c2nn[nH]n2)c2cc(C)c(C(F)(F)F)cc21. The van der Waals surface area contributed by atoms with Crippen LogP contribution in [0.25, 0.3) is 0 Å². The Bertz CT molecular complexity index is 1370. The van der Waals surface area contributed by atoms with E-state index in [4.69, 9.17) is 4.74 Å². The average molecular weight is 596 g/mol. The summed E-state index contributed by atoms with van der Waals surface area (Å²) in [7, 11) is 1.04. The third-order valence-electron chi connectivity index (χ3n) is 6.55. The van der Waals surface area contributed by atoms with Crippen LogP contribution in [0, 0.1) is 6.92 Å². The molecule has 1 aromatic heterocycles. The molecule has 0 aliphatic carbocycles. The summed E-state index contributed by atoms with van der Waals surface area (Å²) in [6.07, 6.45) is -15.7. The number of nitrogens with zero attached hydrogens (tertiary/aromatic N) is 5. The lowest BCUT2D eigenvalue weighted by atomic mass is 9.94. The molecule has 41 heavy (non-hydrogen) atoms. The number of aromatic amines is 1. The van der Waals surface area contributed by atoms with Crippen molar-refractivity contribution in [1.82, 2.24) is 20.6 Å². The van der Waals surface area contributed by atoms with Gasteiger partial charge < -0.3 is 9.64 Å². The van der Waals surface area contributed by atoms with Gasteiger partial charge >= 0.3 is 24.6 Å². The molecule has 0 bridgehead atoms. The van der Waals surface area contributed by atoms with E-state index >= 15 is 0 Å². The first-order valence-electron chi connectivity index (χ1n) is 11.9. The Morgan fingerprint density at radius 2 is 1.63 bits per heavy atom. The minimum atomic E-state index is -5.10. The van der Waals surface area contributed by atoms with Crippen LogP contribution in [0.15, 0.2) is 30.3 Å². The summed E-state index contributed by atoms with van der Waals surface area (Å²) in [5.74, 6) is -0.240. The molecule has 1 atom stereocenters. The molecule has 8 nitrogen and oxygen atoms in total. The number of nitrogens with one attached hydrogen (secondary N) is 1. The third-order valence-corrected chi connectivity index (χ3v) is 6.55. The summed E-state index contributed by atoms with van der Waals surface area (Å²) in [5, 5.41) is 13.2. The molecule has 1 N–H and O–H groups in total. The summed E-state index contributed by atoms with van der Waals surface area (Å²) in [6, 6.07) is 2.00. The minimum absolute atomic E-state index is 0.0145. The van der Waals surface area contributed by atoms with Crippen molar-refractivity contribution >= 4 is 17.7 Å². The van der Waals surface area contributed by atoms with Crippen LogP contribution in [0.3, 0.4) is 0 Å². The number of anilines is 2. The third kappa shape index (κ3) is 6.32. The number of methoxy groups -OCH3 is 1. The number of hydrogen-bond donors (Lipinski definition) is 1. The number of H-pyrrole nitrogens is 1. The van der Waals surface area contributed by atoms with Crippen LogP contribution < -0.4 is 9.80 Å². The van der Waals surface area contributed by atoms with Gasteiger partial charge in [0.1, 0.15) is 0 Å². The second kappa shape index (κ2) is 10.7. The van der Waals surface area contributed by atoms with Crippen molar-refractivity contribution in [3.8, 4) is 0 Å². The molecule has 2 heterocycles. The Hall–Kier alpha value is -4.05. The zero-order valence-corrected chi connectivity index (χ0v) is 21.2. The van der Waals surface area contributed by atoms with Crippen LogP contribution in [-0.2, 0) is 29.8 Å². The first kappa shape index (κ1) is 29.9. The predicted octanol–water partition coefficient (Wildman–Crippen LogP) is 6.68. The van der Waals surface area contributed by atoms with Crippen molar-refractivity contribution in [2.24, 2.45) is 0 Å². The fourth-order valence-electron chi connectivity index (χ4n) is 4.77. The van der Waals surface area contributed by atoms with E-state index in [9.17, 15) is 44.3 Å². The molecule has 3 aromatic rings. The number of ether oxygens (including phenoxy) is 1. The van der Waals surface area contributed by atoms with Crippen LogP contribution in [-0.4, -0.2) is 40.4 Å². The fourth-order valence-corrected chi connectivity index (χ4v) is 4.77. The summed E-state index contributed by atoms with van der Waals surface area (Å²) in [6.45, 7) is 0.488. The Morgan fingerprint density at radius 1 is 1.00 bits per heavy atom. The number of aromatic nitrogens is 4. The van der Waals surface area contributed by atoms with Gasteiger partial charge in [-0.1, -0.05) is 11.2 Å². The number of rotatable bonds is 4. The highest BCUT2D eigenvalue weighted by Crippen LogP contribution is 2.44. The number of tetrazole rings is 1. The zero-order valence-electron chi connectivity index (χ0n) is 21.2. The molecule has 0 saturated carbocycles. The highest BCUT2D eigenvalue weighted by atomic mass is 19.4. The maximum Gasteiger partial charge on any atom is 0.416 e. The van der Waals surface area contributed by atoms with Gasteiger partial charge in [0.2, 0.25) is 0 Å². The number of carbonyl (C=O) groups is 1. The van der Waals surface area contributed by atoms with Gasteiger partial charge in [-0.2, -0.15) is 44.7 Å². The van der Waals surface area contributed by atoms with Crippen molar-refractivity contribution in [3.63, 3.8) is 0 Å². The minimum Gasteiger partial charge on any atom is -0.452 e. The number of aryl methyl sites for hydroxylation is 1. The quantitative estimate of drug-likeness (QED) is 0.339. The van der Waals surface area contributed by atoms with E-state index in [0.717, 1.165) is 18.1 Å². The van der Waals surface area contributed by atoms with Gasteiger partial charge in [0.25, 0.3) is 5.95 Å². The van der Waals surface area contributed by atoms with Gasteiger partial charge in [-0.15, -0.1) is 5.10 Å². The number of fused-ring (bicyclic) bond motifs is 1. The molecular weight excluding hydrogens is 575 g/mol. The van der Waals surface area contributed by atoms with Crippen LogP contribution >= 0.6 is 0 Å². The summed E-state index contributed by atoms with van der Waals surface area (Å²) in [5.41, 5.74) is -4.82. The van der Waals surface area contributed by atoms with E-state index in [1.807, 2.05) is 0 Å². The molecule has 0 fully saturated rings. The van der Waals surface area contributed by atoms with Gasteiger partial charge in [-0.25, -0.2) is 4.79 Å². The maximum absolute atomic E-state index is 13.8. The van der Waals surface area contributed by atoms with E-state index in [0.29, 0.717) is 12.1 Å². The lowest BCUT2D eigenvalue weighted by Crippen LogP contribution is -2.33. The van der Waals surface area contributed by atoms with Gasteiger partial charge in [-0.05, 0) is 65.9 Å². The lowest BCUT2D eigenvalue weighted by Gasteiger charge is -2.32. The van der Waals surface area contributed by atoms with Gasteiger partial charge in [-0.3, -0.25) is 4.90 Å². The fraction of sp³-hybridized carbons (Fsp3) is 0.417. The number of carbonyl (C=O) groups excluding carboxylic acids is 1. The van der Waals surface area contributed by atoms with Crippen molar-refractivity contribution < 1.29 is 49.0 Å². The van der Waals surface area contributed by atoms with Crippen molar-refractivity contribution in [3.05, 3.63) is 63.7 Å². The average Bonchev–Trinajstić information content (AvgIpc) is 3.34. The first-order valence-corrected chi connectivity index (χ1v) is 11.9. The number of alkyl halides is 9. The lowest BCUT2D eigenvalue weighted by molar-refractivity contribution is -0.143. The van der Waals surface area contributed by atoms with Gasteiger partial charge in [0.15, 0.2) is 0 Å². The summed E-state index contributed by atoms with van der Waals surface area (Å²) < 4.78 is 127. The van der Waals surface area contributed by atoms with Crippen LogP contribution in [0.1, 0.15) is 52.3 Å². The largest absolute Gasteiger partial charge is 0.452 e. The Labute approximate surface area is 226 Å². The molecule has 0 radical (unpaired) electrons. The van der Waals surface area contributed by atoms with Crippen LogP contribution in [0.4, 0.5) is 55.9 Å². The summed E-state index contributed by atoms with van der Waals surface area (Å²) in [4.78, 5) is 14.8. The van der Waals surface area contributed by atoms with Crippen LogP contribution in [0.2, 0.25) is 0 Å². The zero-order chi connectivity index (χ0) is 30.3. The molecule has 1 amide bonds. The van der Waals surface area contributed by atoms with E-state index in [1.165, 1.54) is 17.9 Å². The van der Waals surface area contributed by atoms with Crippen molar-refractivity contribution in [2.45, 2.75) is 50.9 Å². The van der Waals surface area contributed by atoms with E-state index < -0.39 is 59.5 Å². The summed E-state index contributed by atoms with van der Waals surface area (Å²) >= 11 is 0. The number of halogens is 9. The first-order chi connectivity index (χ1) is 19.0. The number of hydrogen-bond acceptors (Lipinski definition) is 6. The molecule has 2 aromatic carbocycles. The van der Waals surface area contributed by atoms with E-state index in [2.05, 4.69) is 20.6 Å². The number of benzene rings is 2. The second-order valence-electron chi connectivity index (χ2n) is 9.26. The Kier molecular flexibility index (Phi) is 7.84. The normalized spacial score (nSPS) is 16.3. The van der Waals surface area contributed by atoms with Crippen molar-refractivity contribution in [2.75, 3.05) is 23.5 Å². The standard InChI is InChI=1S/C24H21F9N6O2/c1-12-6-16-18(4-3-5-38(21(40)41-2)19(16)10-17(12)24(31,32)33)39(20-34-36-37-35-20)11-13-7-14(22(25,26)27)9-15(8-13)23(28,29)30/h6-10,18H,3-5,11H2,1-2H3,(H,34,35,36,37).